The van der Waals surface area contributed by atoms with Crippen molar-refractivity contribution in [1.29, 1.82) is 0 Å². The fourth-order valence-electron chi connectivity index (χ4n) is 3.92. The summed E-state index contributed by atoms with van der Waals surface area (Å²) in [7, 11) is 3.22. The second kappa shape index (κ2) is 7.43. The molecule has 1 aromatic heterocycles. The van der Waals surface area contributed by atoms with Crippen molar-refractivity contribution in [1.82, 2.24) is 9.88 Å². The van der Waals surface area contributed by atoms with Gasteiger partial charge >= 0.3 is 0 Å². The van der Waals surface area contributed by atoms with E-state index >= 15 is 0 Å². The lowest BCUT2D eigenvalue weighted by molar-refractivity contribution is -0.128. The minimum absolute atomic E-state index is 0.00130. The van der Waals surface area contributed by atoms with Gasteiger partial charge in [0.2, 0.25) is 5.91 Å². The highest BCUT2D eigenvalue weighted by molar-refractivity contribution is 5.93. The minimum atomic E-state index is -0.00130. The van der Waals surface area contributed by atoms with E-state index in [2.05, 4.69) is 30.1 Å². The quantitative estimate of drug-likeness (QED) is 0.689. The molecule has 1 N–H and O–H groups in total. The first-order valence-electron chi connectivity index (χ1n) is 9.42. The molecule has 0 unspecified atom stereocenters. The van der Waals surface area contributed by atoms with Gasteiger partial charge in [0.15, 0.2) is 0 Å². The number of benzene rings is 2. The number of para-hydroxylation sites is 1. The van der Waals surface area contributed by atoms with Crippen LogP contribution in [0.5, 0.6) is 11.5 Å². The SMILES string of the molecule is COc1cc(/C=C\C(=O)N2CCc3c([nH]c4ccccc34)[C@H]2C)cc(OC)c1. The van der Waals surface area contributed by atoms with E-state index in [9.17, 15) is 4.79 Å². The van der Waals surface area contributed by atoms with Crippen molar-refractivity contribution >= 4 is 22.9 Å². The van der Waals surface area contributed by atoms with Crippen molar-refractivity contribution in [3.8, 4) is 11.5 Å². The zero-order chi connectivity index (χ0) is 19.7. The normalized spacial score (nSPS) is 16.4. The van der Waals surface area contributed by atoms with Crippen LogP contribution in [0.3, 0.4) is 0 Å². The number of carbonyl (C=O) groups is 1. The Morgan fingerprint density at radius 1 is 1.14 bits per heavy atom. The number of amides is 1. The molecule has 0 saturated heterocycles. The van der Waals surface area contributed by atoms with Gasteiger partial charge in [-0.2, -0.15) is 0 Å². The van der Waals surface area contributed by atoms with Crippen LogP contribution in [0.25, 0.3) is 17.0 Å². The maximum Gasteiger partial charge on any atom is 0.247 e. The van der Waals surface area contributed by atoms with Crippen molar-refractivity contribution in [3.63, 3.8) is 0 Å². The van der Waals surface area contributed by atoms with E-state index in [0.29, 0.717) is 18.0 Å². The van der Waals surface area contributed by atoms with E-state index in [-0.39, 0.29) is 11.9 Å². The summed E-state index contributed by atoms with van der Waals surface area (Å²) in [6.45, 7) is 2.79. The molecule has 0 spiro atoms. The van der Waals surface area contributed by atoms with Crippen LogP contribution in [0.2, 0.25) is 0 Å². The Morgan fingerprint density at radius 3 is 2.57 bits per heavy atom. The molecule has 1 aliphatic rings. The van der Waals surface area contributed by atoms with Crippen LogP contribution in [0, 0.1) is 0 Å². The molecule has 0 aliphatic carbocycles. The average Bonchev–Trinajstić information content (AvgIpc) is 3.11. The lowest BCUT2D eigenvalue weighted by Crippen LogP contribution is -2.37. The summed E-state index contributed by atoms with van der Waals surface area (Å²) in [5.74, 6) is 1.39. The third kappa shape index (κ3) is 3.24. The Bertz CT molecular complexity index is 1030. The van der Waals surface area contributed by atoms with Crippen molar-refractivity contribution in [2.24, 2.45) is 0 Å². The van der Waals surface area contributed by atoms with Crippen LogP contribution < -0.4 is 9.47 Å². The molecule has 5 nitrogen and oxygen atoms in total. The Hall–Kier alpha value is -3.21. The molecule has 0 saturated carbocycles. The molecule has 0 bridgehead atoms. The van der Waals surface area contributed by atoms with E-state index in [1.807, 2.05) is 29.2 Å². The lowest BCUT2D eigenvalue weighted by atomic mass is 9.98. The van der Waals surface area contributed by atoms with Gasteiger partial charge in [0, 0.05) is 35.3 Å². The molecule has 144 valence electrons. The smallest absolute Gasteiger partial charge is 0.247 e. The number of hydrogen-bond acceptors (Lipinski definition) is 3. The first-order valence-corrected chi connectivity index (χ1v) is 9.42. The van der Waals surface area contributed by atoms with Crippen LogP contribution >= 0.6 is 0 Å². The van der Waals surface area contributed by atoms with E-state index in [1.165, 1.54) is 10.9 Å². The van der Waals surface area contributed by atoms with Crippen LogP contribution in [0.1, 0.15) is 29.8 Å². The fraction of sp³-hybridized carbons (Fsp3) is 0.261. The fourth-order valence-corrected chi connectivity index (χ4v) is 3.92. The molecule has 3 aromatic rings. The summed E-state index contributed by atoms with van der Waals surface area (Å²) in [6, 6.07) is 13.9. The largest absolute Gasteiger partial charge is 0.497 e. The number of fused-ring (bicyclic) bond motifs is 3. The summed E-state index contributed by atoms with van der Waals surface area (Å²) in [4.78, 5) is 18.3. The van der Waals surface area contributed by atoms with E-state index < -0.39 is 0 Å². The van der Waals surface area contributed by atoms with Crippen molar-refractivity contribution in [2.75, 3.05) is 20.8 Å². The van der Waals surface area contributed by atoms with Crippen LogP contribution in [0.4, 0.5) is 0 Å². The van der Waals surface area contributed by atoms with Crippen molar-refractivity contribution < 1.29 is 14.3 Å². The second-order valence-corrected chi connectivity index (χ2v) is 7.00. The number of methoxy groups -OCH3 is 2. The molecule has 0 radical (unpaired) electrons. The molecule has 0 fully saturated rings. The second-order valence-electron chi connectivity index (χ2n) is 7.00. The topological polar surface area (TPSA) is 54.6 Å². The molecule has 1 atom stereocenters. The minimum Gasteiger partial charge on any atom is -0.497 e. The molecule has 2 heterocycles. The predicted molar refractivity (Wildman–Crippen MR) is 111 cm³/mol. The van der Waals surface area contributed by atoms with Gasteiger partial charge in [0.1, 0.15) is 11.5 Å². The Balaban J connectivity index is 1.57. The van der Waals surface area contributed by atoms with Gasteiger partial charge < -0.3 is 19.4 Å². The first-order chi connectivity index (χ1) is 13.6. The third-order valence-corrected chi connectivity index (χ3v) is 5.41. The summed E-state index contributed by atoms with van der Waals surface area (Å²) in [6.07, 6.45) is 4.29. The zero-order valence-corrected chi connectivity index (χ0v) is 16.4. The van der Waals surface area contributed by atoms with Gasteiger partial charge in [0.05, 0.1) is 20.3 Å². The van der Waals surface area contributed by atoms with Crippen molar-refractivity contribution in [3.05, 3.63) is 65.4 Å². The summed E-state index contributed by atoms with van der Waals surface area (Å²) in [5.41, 5.74) is 4.46. The summed E-state index contributed by atoms with van der Waals surface area (Å²) in [5, 5.41) is 1.26. The highest BCUT2D eigenvalue weighted by Crippen LogP contribution is 2.34. The van der Waals surface area contributed by atoms with Crippen LogP contribution in [-0.4, -0.2) is 36.6 Å². The molecular formula is C23H24N2O3. The number of ether oxygens (including phenoxy) is 2. The molecule has 5 heteroatoms. The predicted octanol–water partition coefficient (Wildman–Crippen LogP) is 4.34. The molecule has 28 heavy (non-hydrogen) atoms. The average molecular weight is 376 g/mol. The molecule has 1 amide bonds. The maximum atomic E-state index is 12.9. The summed E-state index contributed by atoms with van der Waals surface area (Å²) >= 11 is 0. The maximum absolute atomic E-state index is 12.9. The van der Waals surface area contributed by atoms with E-state index in [0.717, 1.165) is 23.2 Å². The number of carbonyl (C=O) groups excluding carboxylic acids is 1. The van der Waals surface area contributed by atoms with Gasteiger partial charge in [-0.1, -0.05) is 18.2 Å². The van der Waals surface area contributed by atoms with Gasteiger partial charge in [-0.3, -0.25) is 4.79 Å². The zero-order valence-electron chi connectivity index (χ0n) is 16.4. The number of rotatable bonds is 4. The Morgan fingerprint density at radius 2 is 1.86 bits per heavy atom. The summed E-state index contributed by atoms with van der Waals surface area (Å²) < 4.78 is 10.6. The van der Waals surface area contributed by atoms with Crippen LogP contribution in [0.15, 0.2) is 48.5 Å². The standard InChI is InChI=1S/C23H24N2O3/c1-15-23-20(19-6-4-5-7-21(19)24-23)10-11-25(15)22(26)9-8-16-12-17(27-2)14-18(13-16)28-3/h4-9,12-15,24H,10-11H2,1-3H3/b9-8-/t15-/m1/s1. The number of hydrogen-bond donors (Lipinski definition) is 1. The monoisotopic (exact) mass is 376 g/mol. The number of H-pyrrole nitrogens is 1. The van der Waals surface area contributed by atoms with Gasteiger partial charge in [-0.05, 0) is 48.7 Å². The Labute approximate surface area is 164 Å². The first kappa shape index (κ1) is 18.2. The van der Waals surface area contributed by atoms with E-state index in [1.54, 1.807) is 26.4 Å². The van der Waals surface area contributed by atoms with Gasteiger partial charge in [-0.15, -0.1) is 0 Å². The number of aromatic amines is 1. The molecule has 4 rings (SSSR count). The van der Waals surface area contributed by atoms with Crippen LogP contribution in [-0.2, 0) is 11.2 Å². The van der Waals surface area contributed by atoms with Gasteiger partial charge in [-0.25, -0.2) is 0 Å². The molecular weight excluding hydrogens is 352 g/mol. The lowest BCUT2D eigenvalue weighted by Gasteiger charge is -2.32. The molecule has 2 aromatic carbocycles. The Kier molecular flexibility index (Phi) is 4.82. The molecule has 1 aliphatic heterocycles. The highest BCUT2D eigenvalue weighted by atomic mass is 16.5. The van der Waals surface area contributed by atoms with Gasteiger partial charge in [0.25, 0.3) is 0 Å². The third-order valence-electron chi connectivity index (χ3n) is 5.41. The van der Waals surface area contributed by atoms with E-state index in [4.69, 9.17) is 9.47 Å². The number of nitrogens with zero attached hydrogens (tertiary/aromatic N) is 1. The number of nitrogens with one attached hydrogen (secondary N) is 1. The highest BCUT2D eigenvalue weighted by Gasteiger charge is 2.29. The van der Waals surface area contributed by atoms with Crippen molar-refractivity contribution in [2.45, 2.75) is 19.4 Å². The number of aromatic nitrogens is 1.